The molecule has 0 atom stereocenters. The van der Waals surface area contributed by atoms with Crippen molar-refractivity contribution in [2.75, 3.05) is 21.3 Å². The Balaban J connectivity index is 1.57. The van der Waals surface area contributed by atoms with Crippen LogP contribution in [0.4, 0.5) is 0 Å². The Hall–Kier alpha value is -3.48. The largest absolute Gasteiger partial charge is 0.493 e. The summed E-state index contributed by atoms with van der Waals surface area (Å²) in [5.74, 6) is 1.44. The van der Waals surface area contributed by atoms with Crippen LogP contribution in [0.1, 0.15) is 33.7 Å². The molecule has 1 amide bonds. The van der Waals surface area contributed by atoms with Crippen LogP contribution in [0.2, 0.25) is 0 Å². The molecule has 1 aliphatic rings. The first-order valence-electron chi connectivity index (χ1n) is 9.89. The number of ether oxygens (including phenoxy) is 3. The fraction of sp³-hybridized carbons (Fsp3) is 0.304. The topological polar surface area (TPSA) is 74.6 Å². The number of carbonyl (C=O) groups is 1. The molecule has 0 spiro atoms. The van der Waals surface area contributed by atoms with Gasteiger partial charge in [-0.1, -0.05) is 18.2 Å². The number of hydrogen-bond donors (Lipinski definition) is 1. The highest BCUT2D eigenvalue weighted by atomic mass is 16.5. The van der Waals surface area contributed by atoms with E-state index >= 15 is 0 Å². The van der Waals surface area contributed by atoms with Crippen LogP contribution in [-0.2, 0) is 19.4 Å². The van der Waals surface area contributed by atoms with Crippen molar-refractivity contribution >= 4 is 5.91 Å². The Morgan fingerprint density at radius 3 is 2.37 bits per heavy atom. The smallest absolute Gasteiger partial charge is 0.272 e. The number of amides is 1. The van der Waals surface area contributed by atoms with Gasteiger partial charge in [0.1, 0.15) is 0 Å². The number of nitrogens with one attached hydrogen (secondary N) is 1. The third-order valence-corrected chi connectivity index (χ3v) is 5.32. The average Bonchev–Trinajstić information content (AvgIpc) is 3.40. The summed E-state index contributed by atoms with van der Waals surface area (Å²) in [6.45, 7) is 0.322. The second-order valence-corrected chi connectivity index (χ2v) is 7.09. The minimum absolute atomic E-state index is 0.184. The number of rotatable bonds is 7. The van der Waals surface area contributed by atoms with Gasteiger partial charge in [-0.3, -0.25) is 4.79 Å². The maximum atomic E-state index is 13.0. The maximum absolute atomic E-state index is 13.0. The number of aromatic nitrogens is 2. The second kappa shape index (κ2) is 8.49. The summed E-state index contributed by atoms with van der Waals surface area (Å²) in [7, 11) is 4.70. The molecular formula is C23H25N3O4. The van der Waals surface area contributed by atoms with E-state index in [0.717, 1.165) is 41.8 Å². The molecule has 7 heteroatoms. The predicted octanol–water partition coefficient (Wildman–Crippen LogP) is 3.32. The van der Waals surface area contributed by atoms with Gasteiger partial charge in [0, 0.05) is 17.8 Å². The van der Waals surface area contributed by atoms with Crippen molar-refractivity contribution in [3.63, 3.8) is 0 Å². The summed E-state index contributed by atoms with van der Waals surface area (Å²) < 4.78 is 18.0. The standard InChI is InChI=1S/C23H25N3O4/c1-28-19-12-15(13-20(29-2)22(19)30-3)14-24-23(27)21-17-10-7-11-18(17)26(25-21)16-8-5-4-6-9-16/h4-6,8-9,12-13H,7,10-11,14H2,1-3H3,(H,24,27). The number of methoxy groups -OCH3 is 3. The molecule has 7 nitrogen and oxygen atoms in total. The molecule has 0 fully saturated rings. The summed E-state index contributed by atoms with van der Waals surface area (Å²) in [4.78, 5) is 13.0. The number of benzene rings is 2. The predicted molar refractivity (Wildman–Crippen MR) is 113 cm³/mol. The van der Waals surface area contributed by atoms with E-state index in [1.54, 1.807) is 21.3 Å². The van der Waals surface area contributed by atoms with Gasteiger partial charge in [-0.25, -0.2) is 4.68 Å². The van der Waals surface area contributed by atoms with E-state index in [2.05, 4.69) is 10.4 Å². The summed E-state index contributed by atoms with van der Waals surface area (Å²) >= 11 is 0. The minimum atomic E-state index is -0.184. The molecule has 0 radical (unpaired) electrons. The molecule has 1 N–H and O–H groups in total. The van der Waals surface area contributed by atoms with Gasteiger partial charge >= 0.3 is 0 Å². The fourth-order valence-electron chi connectivity index (χ4n) is 3.91. The van der Waals surface area contributed by atoms with Crippen molar-refractivity contribution in [1.29, 1.82) is 0 Å². The molecule has 0 bridgehead atoms. The Morgan fingerprint density at radius 1 is 1.03 bits per heavy atom. The lowest BCUT2D eigenvalue weighted by Crippen LogP contribution is -2.24. The average molecular weight is 407 g/mol. The molecular weight excluding hydrogens is 382 g/mol. The molecule has 0 aliphatic heterocycles. The van der Waals surface area contributed by atoms with Gasteiger partial charge < -0.3 is 19.5 Å². The maximum Gasteiger partial charge on any atom is 0.272 e. The lowest BCUT2D eigenvalue weighted by atomic mass is 10.1. The quantitative estimate of drug-likeness (QED) is 0.650. The summed E-state index contributed by atoms with van der Waals surface area (Å²) in [5, 5.41) is 7.63. The normalized spacial score (nSPS) is 12.4. The molecule has 3 aromatic rings. The van der Waals surface area contributed by atoms with E-state index in [4.69, 9.17) is 14.2 Å². The number of carbonyl (C=O) groups excluding carboxylic acids is 1. The molecule has 1 heterocycles. The van der Waals surface area contributed by atoms with Crippen LogP contribution >= 0.6 is 0 Å². The van der Waals surface area contributed by atoms with Gasteiger partial charge in [0.05, 0.1) is 27.0 Å². The summed E-state index contributed by atoms with van der Waals surface area (Å²) in [6, 6.07) is 13.6. The van der Waals surface area contributed by atoms with Crippen molar-refractivity contribution in [3.05, 3.63) is 65.0 Å². The zero-order valence-corrected chi connectivity index (χ0v) is 17.4. The third-order valence-electron chi connectivity index (χ3n) is 5.32. The van der Waals surface area contributed by atoms with E-state index in [0.29, 0.717) is 29.5 Å². The highest BCUT2D eigenvalue weighted by molar-refractivity contribution is 5.94. The lowest BCUT2D eigenvalue weighted by Gasteiger charge is -2.14. The van der Waals surface area contributed by atoms with E-state index in [-0.39, 0.29) is 5.91 Å². The fourth-order valence-corrected chi connectivity index (χ4v) is 3.91. The first-order chi connectivity index (χ1) is 14.7. The van der Waals surface area contributed by atoms with Gasteiger partial charge in [0.25, 0.3) is 5.91 Å². The van der Waals surface area contributed by atoms with Gasteiger partial charge in [0.2, 0.25) is 5.75 Å². The highest BCUT2D eigenvalue weighted by Crippen LogP contribution is 2.38. The number of para-hydroxylation sites is 1. The molecule has 2 aromatic carbocycles. The molecule has 4 rings (SSSR count). The van der Waals surface area contributed by atoms with E-state index < -0.39 is 0 Å². The number of hydrogen-bond acceptors (Lipinski definition) is 5. The lowest BCUT2D eigenvalue weighted by molar-refractivity contribution is 0.0944. The monoisotopic (exact) mass is 407 g/mol. The Bertz CT molecular complexity index is 1030. The van der Waals surface area contributed by atoms with Crippen molar-refractivity contribution < 1.29 is 19.0 Å². The van der Waals surface area contributed by atoms with E-state index in [1.165, 1.54) is 0 Å². The molecule has 0 unspecified atom stereocenters. The van der Waals surface area contributed by atoms with Gasteiger partial charge in [0.15, 0.2) is 17.2 Å². The summed E-state index contributed by atoms with van der Waals surface area (Å²) in [5.41, 5.74) is 4.48. The van der Waals surface area contributed by atoms with Crippen molar-refractivity contribution in [2.45, 2.75) is 25.8 Å². The van der Waals surface area contributed by atoms with Crippen molar-refractivity contribution in [2.24, 2.45) is 0 Å². The first-order valence-corrected chi connectivity index (χ1v) is 9.89. The van der Waals surface area contributed by atoms with Crippen LogP contribution in [0.3, 0.4) is 0 Å². The van der Waals surface area contributed by atoms with Crippen LogP contribution in [0.5, 0.6) is 17.2 Å². The van der Waals surface area contributed by atoms with Crippen LogP contribution in [0.15, 0.2) is 42.5 Å². The number of fused-ring (bicyclic) bond motifs is 1. The van der Waals surface area contributed by atoms with Crippen molar-refractivity contribution in [3.8, 4) is 22.9 Å². The van der Waals surface area contributed by atoms with Gasteiger partial charge in [-0.2, -0.15) is 5.10 Å². The second-order valence-electron chi connectivity index (χ2n) is 7.09. The van der Waals surface area contributed by atoms with Gasteiger partial charge in [-0.15, -0.1) is 0 Å². The van der Waals surface area contributed by atoms with Crippen LogP contribution in [0.25, 0.3) is 5.69 Å². The Kier molecular flexibility index (Phi) is 5.61. The Morgan fingerprint density at radius 2 is 1.73 bits per heavy atom. The van der Waals surface area contributed by atoms with E-state index in [9.17, 15) is 4.79 Å². The van der Waals surface area contributed by atoms with E-state index in [1.807, 2.05) is 47.1 Å². The van der Waals surface area contributed by atoms with Crippen LogP contribution in [-0.4, -0.2) is 37.0 Å². The summed E-state index contributed by atoms with van der Waals surface area (Å²) in [6.07, 6.45) is 2.83. The Labute approximate surface area is 175 Å². The molecule has 30 heavy (non-hydrogen) atoms. The SMILES string of the molecule is COc1cc(CNC(=O)c2nn(-c3ccccc3)c3c2CCC3)cc(OC)c1OC. The number of nitrogens with zero attached hydrogens (tertiary/aromatic N) is 2. The van der Waals surface area contributed by atoms with Crippen molar-refractivity contribution in [1.82, 2.24) is 15.1 Å². The van der Waals surface area contributed by atoms with Crippen LogP contribution in [0, 0.1) is 0 Å². The molecule has 156 valence electrons. The first kappa shape index (κ1) is 19.8. The van der Waals surface area contributed by atoms with Crippen LogP contribution < -0.4 is 19.5 Å². The highest BCUT2D eigenvalue weighted by Gasteiger charge is 2.27. The zero-order chi connectivity index (χ0) is 21.1. The molecule has 0 saturated heterocycles. The molecule has 1 aromatic heterocycles. The molecule has 1 aliphatic carbocycles. The zero-order valence-electron chi connectivity index (χ0n) is 17.4. The van der Waals surface area contributed by atoms with Gasteiger partial charge in [-0.05, 0) is 49.1 Å². The molecule has 0 saturated carbocycles. The third kappa shape index (κ3) is 3.58. The minimum Gasteiger partial charge on any atom is -0.493 e.